The third-order valence-electron chi connectivity index (χ3n) is 2.16. The van der Waals surface area contributed by atoms with Gasteiger partial charge in [-0.3, -0.25) is 4.79 Å². The van der Waals surface area contributed by atoms with Crippen LogP contribution in [0.4, 0.5) is 0 Å². The zero-order valence-electron chi connectivity index (χ0n) is 12.1. The van der Waals surface area contributed by atoms with Gasteiger partial charge in [0.25, 0.3) is 0 Å². The van der Waals surface area contributed by atoms with Crippen LogP contribution < -0.4 is 4.74 Å². The molecule has 0 aliphatic carbocycles. The van der Waals surface area contributed by atoms with Crippen LogP contribution in [0.15, 0.2) is 60.7 Å². The van der Waals surface area contributed by atoms with Gasteiger partial charge in [-0.1, -0.05) is 62.4 Å². The minimum absolute atomic E-state index is 0.121. The van der Waals surface area contributed by atoms with E-state index in [1.807, 2.05) is 74.5 Å². The molecule has 2 rings (SSSR count). The summed E-state index contributed by atoms with van der Waals surface area (Å²) in [6.07, 6.45) is 0. The normalized spacial score (nSPS) is 8.21. The van der Waals surface area contributed by atoms with Crippen LogP contribution in [0.1, 0.15) is 31.1 Å². The molecule has 19 heavy (non-hydrogen) atoms. The lowest BCUT2D eigenvalue weighted by molar-refractivity contribution is 0.101. The largest absolute Gasteiger partial charge is 0.497 e. The first kappa shape index (κ1) is 16.9. The molecular formula is C17H22O2. The monoisotopic (exact) mass is 258 g/mol. The highest BCUT2D eigenvalue weighted by Crippen LogP contribution is 2.05. The first-order valence-corrected chi connectivity index (χ1v) is 6.39. The molecule has 0 amide bonds. The number of hydrogen-bond donors (Lipinski definition) is 0. The van der Waals surface area contributed by atoms with Crippen LogP contribution in [0.3, 0.4) is 0 Å². The summed E-state index contributed by atoms with van der Waals surface area (Å²) in [5.41, 5.74) is 0.775. The minimum Gasteiger partial charge on any atom is -0.497 e. The van der Waals surface area contributed by atoms with Crippen LogP contribution in [0.25, 0.3) is 0 Å². The molecule has 0 atom stereocenters. The van der Waals surface area contributed by atoms with E-state index in [9.17, 15) is 4.79 Å². The summed E-state index contributed by atoms with van der Waals surface area (Å²) in [5.74, 6) is 1.03. The molecule has 0 heterocycles. The predicted octanol–water partition coefficient (Wildman–Crippen LogP) is 4.61. The van der Waals surface area contributed by atoms with Crippen molar-refractivity contribution in [1.29, 1.82) is 0 Å². The molecular weight excluding hydrogens is 236 g/mol. The number of ether oxygens (including phenoxy) is 1. The quantitative estimate of drug-likeness (QED) is 0.735. The molecule has 0 spiro atoms. The highest BCUT2D eigenvalue weighted by Gasteiger charge is 1.92. The molecule has 0 fully saturated rings. The van der Waals surface area contributed by atoms with Gasteiger partial charge in [0, 0.05) is 5.56 Å². The lowest BCUT2D eigenvalue weighted by Crippen LogP contribution is -1.88. The van der Waals surface area contributed by atoms with Gasteiger partial charge in [-0.05, 0) is 19.1 Å². The summed E-state index contributed by atoms with van der Waals surface area (Å²) in [4.78, 5) is 10.6. The number of Topliss-reactive ketones (excluding diaryl/α,β-unsaturated/α-hetero) is 1. The SMILES string of the molecule is CC.CC(=O)c1ccccc1.COc1ccccc1. The maximum absolute atomic E-state index is 10.6. The van der Waals surface area contributed by atoms with Crippen molar-refractivity contribution in [3.63, 3.8) is 0 Å². The average molecular weight is 258 g/mol. The summed E-state index contributed by atoms with van der Waals surface area (Å²) >= 11 is 0. The zero-order chi connectivity index (χ0) is 14.5. The Hall–Kier alpha value is -2.09. The number of hydrogen-bond acceptors (Lipinski definition) is 2. The van der Waals surface area contributed by atoms with E-state index in [0.717, 1.165) is 11.3 Å². The Morgan fingerprint density at radius 2 is 1.26 bits per heavy atom. The van der Waals surface area contributed by atoms with Crippen LogP contribution in [0, 0.1) is 0 Å². The number of rotatable bonds is 2. The molecule has 2 aromatic carbocycles. The maximum Gasteiger partial charge on any atom is 0.159 e. The highest BCUT2D eigenvalue weighted by atomic mass is 16.5. The van der Waals surface area contributed by atoms with E-state index in [1.54, 1.807) is 14.0 Å². The van der Waals surface area contributed by atoms with Crippen LogP contribution in [-0.2, 0) is 0 Å². The molecule has 0 aliphatic heterocycles. The van der Waals surface area contributed by atoms with Gasteiger partial charge in [-0.2, -0.15) is 0 Å². The molecule has 0 aromatic heterocycles. The van der Waals surface area contributed by atoms with Crippen molar-refractivity contribution in [2.45, 2.75) is 20.8 Å². The summed E-state index contributed by atoms with van der Waals surface area (Å²) in [6, 6.07) is 18.9. The molecule has 0 radical (unpaired) electrons. The van der Waals surface area contributed by atoms with Crippen LogP contribution >= 0.6 is 0 Å². The van der Waals surface area contributed by atoms with Gasteiger partial charge in [0.1, 0.15) is 5.75 Å². The van der Waals surface area contributed by atoms with Gasteiger partial charge < -0.3 is 4.74 Å². The number of methoxy groups -OCH3 is 1. The van der Waals surface area contributed by atoms with Crippen molar-refractivity contribution in [2.24, 2.45) is 0 Å². The van der Waals surface area contributed by atoms with Crippen molar-refractivity contribution in [1.82, 2.24) is 0 Å². The fourth-order valence-corrected chi connectivity index (χ4v) is 1.23. The molecule has 0 aliphatic rings. The van der Waals surface area contributed by atoms with Crippen molar-refractivity contribution in [3.05, 3.63) is 66.2 Å². The van der Waals surface area contributed by atoms with E-state index in [1.165, 1.54) is 0 Å². The fraction of sp³-hybridized carbons (Fsp3) is 0.235. The van der Waals surface area contributed by atoms with Gasteiger partial charge in [0.2, 0.25) is 0 Å². The molecule has 0 N–H and O–H groups in total. The Kier molecular flexibility index (Phi) is 9.81. The van der Waals surface area contributed by atoms with Gasteiger partial charge in [0.15, 0.2) is 5.78 Å². The number of carbonyl (C=O) groups excluding carboxylic acids is 1. The van der Waals surface area contributed by atoms with Crippen LogP contribution in [-0.4, -0.2) is 12.9 Å². The second kappa shape index (κ2) is 11.0. The molecule has 102 valence electrons. The molecule has 0 saturated heterocycles. The van der Waals surface area contributed by atoms with E-state index < -0.39 is 0 Å². The third kappa shape index (κ3) is 7.77. The lowest BCUT2D eigenvalue weighted by Gasteiger charge is -1.93. The topological polar surface area (TPSA) is 26.3 Å². The van der Waals surface area contributed by atoms with Gasteiger partial charge >= 0.3 is 0 Å². The number of ketones is 1. The molecule has 2 heteroatoms. The fourth-order valence-electron chi connectivity index (χ4n) is 1.23. The van der Waals surface area contributed by atoms with Crippen LogP contribution in [0.2, 0.25) is 0 Å². The number of carbonyl (C=O) groups is 1. The standard InChI is InChI=1S/C8H8O.C7H8O.C2H6/c1-7(9)8-5-3-2-4-6-8;1-8-7-5-3-2-4-6-7;1-2/h2-6H,1H3;2-6H,1H3;1-2H3. The first-order chi connectivity index (χ1) is 9.24. The summed E-state index contributed by atoms with van der Waals surface area (Å²) in [6.45, 7) is 5.56. The Bertz CT molecular complexity index is 435. The summed E-state index contributed by atoms with van der Waals surface area (Å²) in [7, 11) is 1.66. The summed E-state index contributed by atoms with van der Waals surface area (Å²) in [5, 5.41) is 0. The van der Waals surface area contributed by atoms with E-state index >= 15 is 0 Å². The van der Waals surface area contributed by atoms with E-state index in [2.05, 4.69) is 0 Å². The Morgan fingerprint density at radius 1 is 0.842 bits per heavy atom. The van der Waals surface area contributed by atoms with E-state index in [0.29, 0.717) is 0 Å². The van der Waals surface area contributed by atoms with E-state index in [4.69, 9.17) is 4.74 Å². The van der Waals surface area contributed by atoms with Crippen LogP contribution in [0.5, 0.6) is 5.75 Å². The number of para-hydroxylation sites is 1. The second-order valence-electron chi connectivity index (χ2n) is 3.44. The molecule has 0 saturated carbocycles. The second-order valence-corrected chi connectivity index (χ2v) is 3.44. The van der Waals surface area contributed by atoms with Crippen molar-refractivity contribution in [2.75, 3.05) is 7.11 Å². The maximum atomic E-state index is 10.6. The van der Waals surface area contributed by atoms with Crippen molar-refractivity contribution < 1.29 is 9.53 Å². The zero-order valence-corrected chi connectivity index (χ0v) is 12.1. The molecule has 2 aromatic rings. The van der Waals surface area contributed by atoms with Crippen molar-refractivity contribution >= 4 is 5.78 Å². The van der Waals surface area contributed by atoms with Crippen molar-refractivity contribution in [3.8, 4) is 5.75 Å². The van der Waals surface area contributed by atoms with Gasteiger partial charge in [-0.25, -0.2) is 0 Å². The lowest BCUT2D eigenvalue weighted by atomic mass is 10.2. The molecule has 2 nitrogen and oxygen atoms in total. The third-order valence-corrected chi connectivity index (χ3v) is 2.16. The number of benzene rings is 2. The van der Waals surface area contributed by atoms with Gasteiger partial charge in [-0.15, -0.1) is 0 Å². The Balaban J connectivity index is 0.000000303. The smallest absolute Gasteiger partial charge is 0.159 e. The Labute approximate surface area is 116 Å². The average Bonchev–Trinajstić information content (AvgIpc) is 2.51. The first-order valence-electron chi connectivity index (χ1n) is 6.39. The predicted molar refractivity (Wildman–Crippen MR) is 80.8 cm³/mol. The highest BCUT2D eigenvalue weighted by molar-refractivity contribution is 5.93. The van der Waals surface area contributed by atoms with E-state index in [-0.39, 0.29) is 5.78 Å². The summed E-state index contributed by atoms with van der Waals surface area (Å²) < 4.78 is 4.91. The minimum atomic E-state index is 0.121. The van der Waals surface area contributed by atoms with Gasteiger partial charge in [0.05, 0.1) is 7.11 Å². The Morgan fingerprint density at radius 3 is 1.53 bits per heavy atom. The molecule has 0 unspecified atom stereocenters. The molecule has 0 bridgehead atoms.